The Balaban J connectivity index is 1.51. The molecule has 0 spiro atoms. The molecule has 0 N–H and O–H groups in total. The second kappa shape index (κ2) is 5.98. The van der Waals surface area contributed by atoms with Crippen LogP contribution in [0.3, 0.4) is 0 Å². The van der Waals surface area contributed by atoms with Crippen LogP contribution in [0.15, 0.2) is 28.7 Å². The summed E-state index contributed by atoms with van der Waals surface area (Å²) in [6.07, 6.45) is 0.745. The fraction of sp³-hybridized carbons (Fsp3) is 0.471. The Bertz CT molecular complexity index is 763. The molecule has 126 valence electrons. The second-order valence-electron chi connectivity index (χ2n) is 6.29. The van der Waals surface area contributed by atoms with Gasteiger partial charge in [-0.05, 0) is 30.0 Å². The number of hydrogen-bond acceptors (Lipinski definition) is 5. The Morgan fingerprint density at radius 1 is 1.38 bits per heavy atom. The molecule has 1 aliphatic heterocycles. The van der Waals surface area contributed by atoms with Gasteiger partial charge in [-0.15, -0.1) is 10.2 Å². The van der Waals surface area contributed by atoms with Gasteiger partial charge >= 0.3 is 0 Å². The molecule has 4 rings (SSSR count). The van der Waals surface area contributed by atoms with E-state index >= 15 is 0 Å². The molecular weight excluding hydrogens is 313 g/mol. The standard InChI is InChI=1S/C17H18FN3O3/c1-10-19-20-16(24-10)15-9-23-6-5-21(15)17(22)14-8-13(14)11-3-2-4-12(18)7-11/h2-4,7,13-15H,5-6,8-9H2,1H3/t13-,14+,15+/m1/s1. The summed E-state index contributed by atoms with van der Waals surface area (Å²) in [7, 11) is 0. The molecule has 6 nitrogen and oxygen atoms in total. The second-order valence-corrected chi connectivity index (χ2v) is 6.29. The molecule has 1 aliphatic carbocycles. The SMILES string of the molecule is Cc1nnc([C@@H]2COCCN2C(=O)[C@H]2C[C@@H]2c2cccc(F)c2)o1. The van der Waals surface area contributed by atoms with Crippen LogP contribution in [0.25, 0.3) is 0 Å². The van der Waals surface area contributed by atoms with Crippen LogP contribution in [-0.4, -0.2) is 40.8 Å². The van der Waals surface area contributed by atoms with E-state index in [9.17, 15) is 9.18 Å². The minimum atomic E-state index is -0.346. The molecular formula is C17H18FN3O3. The van der Waals surface area contributed by atoms with Gasteiger partial charge in [-0.25, -0.2) is 4.39 Å². The molecule has 1 aromatic carbocycles. The van der Waals surface area contributed by atoms with Gasteiger partial charge in [0.1, 0.15) is 11.9 Å². The lowest BCUT2D eigenvalue weighted by molar-refractivity contribution is -0.142. The Labute approximate surface area is 138 Å². The number of morpholine rings is 1. The van der Waals surface area contributed by atoms with Crippen molar-refractivity contribution < 1.29 is 18.3 Å². The van der Waals surface area contributed by atoms with Gasteiger partial charge in [0, 0.05) is 19.4 Å². The predicted octanol–water partition coefficient (Wildman–Crippen LogP) is 2.22. The first kappa shape index (κ1) is 15.3. The molecule has 0 radical (unpaired) electrons. The van der Waals surface area contributed by atoms with Gasteiger partial charge in [0.2, 0.25) is 17.7 Å². The molecule has 1 amide bonds. The zero-order chi connectivity index (χ0) is 16.7. The number of aromatic nitrogens is 2. The Hall–Kier alpha value is -2.28. The summed E-state index contributed by atoms with van der Waals surface area (Å²) in [5.74, 6) is 0.623. The van der Waals surface area contributed by atoms with Gasteiger partial charge < -0.3 is 14.1 Å². The first-order chi connectivity index (χ1) is 11.6. The van der Waals surface area contributed by atoms with Crippen molar-refractivity contribution >= 4 is 5.91 Å². The van der Waals surface area contributed by atoms with Crippen molar-refractivity contribution in [3.8, 4) is 0 Å². The van der Waals surface area contributed by atoms with Crippen molar-refractivity contribution in [1.82, 2.24) is 15.1 Å². The average molecular weight is 331 g/mol. The number of halogens is 1. The molecule has 1 saturated carbocycles. The number of carbonyl (C=O) groups excluding carboxylic acids is 1. The molecule has 2 fully saturated rings. The zero-order valence-corrected chi connectivity index (χ0v) is 13.3. The molecule has 1 saturated heterocycles. The van der Waals surface area contributed by atoms with E-state index in [1.54, 1.807) is 17.9 Å². The van der Waals surface area contributed by atoms with Crippen LogP contribution >= 0.6 is 0 Å². The summed E-state index contributed by atoms with van der Waals surface area (Å²) in [4.78, 5) is 14.7. The topological polar surface area (TPSA) is 68.5 Å². The fourth-order valence-corrected chi connectivity index (χ4v) is 3.31. The largest absolute Gasteiger partial charge is 0.423 e. The van der Waals surface area contributed by atoms with Gasteiger partial charge in [0.15, 0.2) is 0 Å². The van der Waals surface area contributed by atoms with E-state index in [1.807, 2.05) is 6.07 Å². The number of hydrogen-bond donors (Lipinski definition) is 0. The predicted molar refractivity (Wildman–Crippen MR) is 81.6 cm³/mol. The molecule has 24 heavy (non-hydrogen) atoms. The normalized spacial score (nSPS) is 26.4. The van der Waals surface area contributed by atoms with E-state index in [4.69, 9.17) is 9.15 Å². The highest BCUT2D eigenvalue weighted by atomic mass is 19.1. The molecule has 0 bridgehead atoms. The molecule has 2 heterocycles. The Morgan fingerprint density at radius 2 is 2.25 bits per heavy atom. The monoisotopic (exact) mass is 331 g/mol. The molecule has 1 aromatic heterocycles. The van der Waals surface area contributed by atoms with E-state index in [0.717, 1.165) is 12.0 Å². The smallest absolute Gasteiger partial charge is 0.241 e. The van der Waals surface area contributed by atoms with Gasteiger partial charge in [0.25, 0.3) is 0 Å². The molecule has 2 aromatic rings. The maximum Gasteiger partial charge on any atom is 0.241 e. The van der Waals surface area contributed by atoms with Crippen molar-refractivity contribution in [3.05, 3.63) is 47.4 Å². The van der Waals surface area contributed by atoms with Gasteiger partial charge in [-0.3, -0.25) is 4.79 Å². The van der Waals surface area contributed by atoms with Crippen molar-refractivity contribution in [3.63, 3.8) is 0 Å². The zero-order valence-electron chi connectivity index (χ0n) is 13.3. The summed E-state index contributed by atoms with van der Waals surface area (Å²) in [6, 6.07) is 6.14. The lowest BCUT2D eigenvalue weighted by atomic mass is 10.1. The minimum Gasteiger partial charge on any atom is -0.423 e. The van der Waals surface area contributed by atoms with Crippen LogP contribution in [0.4, 0.5) is 4.39 Å². The van der Waals surface area contributed by atoms with E-state index in [1.165, 1.54) is 12.1 Å². The number of nitrogens with zero attached hydrogens (tertiary/aromatic N) is 3. The highest BCUT2D eigenvalue weighted by molar-refractivity contribution is 5.83. The van der Waals surface area contributed by atoms with E-state index in [2.05, 4.69) is 10.2 Å². The first-order valence-electron chi connectivity index (χ1n) is 8.07. The van der Waals surface area contributed by atoms with E-state index in [-0.39, 0.29) is 29.6 Å². The van der Waals surface area contributed by atoms with Crippen molar-refractivity contribution in [2.45, 2.75) is 25.3 Å². The number of aryl methyl sites for hydroxylation is 1. The van der Waals surface area contributed by atoms with Crippen LogP contribution in [0.5, 0.6) is 0 Å². The quantitative estimate of drug-likeness (QED) is 0.863. The lowest BCUT2D eigenvalue weighted by Gasteiger charge is -2.33. The van der Waals surface area contributed by atoms with Gasteiger partial charge in [-0.2, -0.15) is 0 Å². The van der Waals surface area contributed by atoms with Crippen LogP contribution in [0, 0.1) is 18.7 Å². The Kier molecular flexibility index (Phi) is 3.80. The third-order valence-electron chi connectivity index (χ3n) is 4.62. The maximum atomic E-state index is 13.4. The van der Waals surface area contributed by atoms with Gasteiger partial charge in [0.05, 0.1) is 13.2 Å². The number of rotatable bonds is 3. The highest BCUT2D eigenvalue weighted by Gasteiger charge is 2.48. The molecule has 7 heteroatoms. The van der Waals surface area contributed by atoms with E-state index in [0.29, 0.717) is 31.5 Å². The van der Waals surface area contributed by atoms with Crippen LogP contribution in [-0.2, 0) is 9.53 Å². The average Bonchev–Trinajstić information content (AvgIpc) is 3.28. The number of carbonyl (C=O) groups is 1. The maximum absolute atomic E-state index is 13.4. The third kappa shape index (κ3) is 2.80. The lowest BCUT2D eigenvalue weighted by Crippen LogP contribution is -2.44. The molecule has 3 atom stereocenters. The fourth-order valence-electron chi connectivity index (χ4n) is 3.31. The van der Waals surface area contributed by atoms with Crippen molar-refractivity contribution in [2.24, 2.45) is 5.92 Å². The summed E-state index contributed by atoms with van der Waals surface area (Å²) >= 11 is 0. The summed E-state index contributed by atoms with van der Waals surface area (Å²) in [5.41, 5.74) is 0.881. The van der Waals surface area contributed by atoms with Crippen LogP contribution in [0.2, 0.25) is 0 Å². The minimum absolute atomic E-state index is 0.0495. The number of amides is 1. The van der Waals surface area contributed by atoms with Crippen molar-refractivity contribution in [2.75, 3.05) is 19.8 Å². The molecule has 2 aliphatic rings. The van der Waals surface area contributed by atoms with E-state index < -0.39 is 0 Å². The highest BCUT2D eigenvalue weighted by Crippen LogP contribution is 2.49. The number of benzene rings is 1. The van der Waals surface area contributed by atoms with Crippen LogP contribution < -0.4 is 0 Å². The Morgan fingerprint density at radius 3 is 3.00 bits per heavy atom. The number of ether oxygens (including phenoxy) is 1. The third-order valence-corrected chi connectivity index (χ3v) is 4.62. The van der Waals surface area contributed by atoms with Gasteiger partial charge in [-0.1, -0.05) is 12.1 Å². The van der Waals surface area contributed by atoms with Crippen molar-refractivity contribution in [1.29, 1.82) is 0 Å². The molecule has 0 unspecified atom stereocenters. The summed E-state index contributed by atoms with van der Waals surface area (Å²) < 4.78 is 24.4. The van der Waals surface area contributed by atoms with Crippen LogP contribution in [0.1, 0.15) is 35.7 Å². The summed E-state index contributed by atoms with van der Waals surface area (Å²) in [5, 5.41) is 7.87. The first-order valence-corrected chi connectivity index (χ1v) is 8.07. The summed E-state index contributed by atoms with van der Waals surface area (Å²) in [6.45, 7) is 3.06.